The number of nitrogens with zero attached hydrogens (tertiary/aromatic N) is 2. The van der Waals surface area contributed by atoms with E-state index in [-0.39, 0.29) is 28.4 Å². The second kappa shape index (κ2) is 13.7. The number of hydrogen-bond acceptors (Lipinski definition) is 7. The predicted molar refractivity (Wildman–Crippen MR) is 134 cm³/mol. The average molecular weight is 490 g/mol. The van der Waals surface area contributed by atoms with E-state index in [1.165, 1.54) is 11.8 Å². The van der Waals surface area contributed by atoms with Crippen molar-refractivity contribution in [2.75, 3.05) is 36.9 Å². The van der Waals surface area contributed by atoms with Gasteiger partial charge in [-0.2, -0.15) is 5.26 Å². The number of carbonyl (C=O) groups excluding carboxylic acids is 3. The molecule has 9 nitrogen and oxygen atoms in total. The highest BCUT2D eigenvalue weighted by Crippen LogP contribution is 2.37. The Hall–Kier alpha value is -2.93. The van der Waals surface area contributed by atoms with E-state index in [0.717, 1.165) is 5.69 Å². The molecular formula is C24H35N5O4S. The first-order chi connectivity index (χ1) is 16.3. The summed E-state index contributed by atoms with van der Waals surface area (Å²) >= 11 is 1.52. The quantitative estimate of drug-likeness (QED) is 0.409. The zero-order chi connectivity index (χ0) is 25.1. The molecular weight excluding hydrogens is 454 g/mol. The largest absolute Gasteiger partial charge is 0.449 e. The van der Waals surface area contributed by atoms with E-state index in [0.29, 0.717) is 44.8 Å². The van der Waals surface area contributed by atoms with Crippen molar-refractivity contribution in [2.45, 2.75) is 51.2 Å². The first-order valence-electron chi connectivity index (χ1n) is 11.7. The molecule has 1 saturated heterocycles. The SMILES string of the molecule is CCNC(=O)C(C#N)CC1SC(CCNc2cccc(NC(=O)OCC(C)C)c2)C(=O)N1CC. The van der Waals surface area contributed by atoms with E-state index in [4.69, 9.17) is 4.74 Å². The molecule has 0 saturated carbocycles. The van der Waals surface area contributed by atoms with Crippen molar-refractivity contribution in [2.24, 2.45) is 11.8 Å². The summed E-state index contributed by atoms with van der Waals surface area (Å²) in [5.41, 5.74) is 1.44. The summed E-state index contributed by atoms with van der Waals surface area (Å²) in [6.07, 6.45) is 0.424. The Morgan fingerprint density at radius 1 is 1.26 bits per heavy atom. The standard InChI is InChI=1S/C24H35N5O4S/c1-5-26-22(30)17(14-25)12-21-29(6-2)23(31)20(34-21)10-11-27-18-8-7-9-19(13-18)28-24(32)33-15-16(3)4/h7-9,13,16-17,20-21,27H,5-6,10-12,15H2,1-4H3,(H,26,30)(H,28,32). The summed E-state index contributed by atoms with van der Waals surface area (Å²) in [5, 5.41) is 17.7. The molecule has 3 unspecified atom stereocenters. The average Bonchev–Trinajstić information content (AvgIpc) is 3.10. The third-order valence-electron chi connectivity index (χ3n) is 5.22. The molecule has 0 aliphatic carbocycles. The maximum Gasteiger partial charge on any atom is 0.411 e. The second-order valence-electron chi connectivity index (χ2n) is 8.43. The number of nitrogens with one attached hydrogen (secondary N) is 3. The molecule has 3 atom stereocenters. The zero-order valence-electron chi connectivity index (χ0n) is 20.3. The number of amides is 3. The van der Waals surface area contributed by atoms with Crippen LogP contribution in [0.2, 0.25) is 0 Å². The Labute approximate surface area is 206 Å². The zero-order valence-corrected chi connectivity index (χ0v) is 21.1. The van der Waals surface area contributed by atoms with E-state index in [1.807, 2.05) is 45.9 Å². The summed E-state index contributed by atoms with van der Waals surface area (Å²) in [6.45, 7) is 9.58. The van der Waals surface area contributed by atoms with Crippen LogP contribution in [0.15, 0.2) is 24.3 Å². The molecule has 3 N–H and O–H groups in total. The lowest BCUT2D eigenvalue weighted by Crippen LogP contribution is -2.38. The summed E-state index contributed by atoms with van der Waals surface area (Å²) in [5.74, 6) is -0.771. The number of rotatable bonds is 12. The number of hydrogen-bond donors (Lipinski definition) is 3. The van der Waals surface area contributed by atoms with Gasteiger partial charge in [0.15, 0.2) is 0 Å². The molecule has 2 rings (SSSR count). The second-order valence-corrected chi connectivity index (χ2v) is 9.81. The molecule has 3 amide bonds. The van der Waals surface area contributed by atoms with Gasteiger partial charge >= 0.3 is 6.09 Å². The van der Waals surface area contributed by atoms with Crippen LogP contribution in [0, 0.1) is 23.2 Å². The molecule has 0 aromatic heterocycles. The van der Waals surface area contributed by atoms with Crippen molar-refractivity contribution in [3.63, 3.8) is 0 Å². The van der Waals surface area contributed by atoms with Gasteiger partial charge in [0.1, 0.15) is 5.92 Å². The molecule has 34 heavy (non-hydrogen) atoms. The van der Waals surface area contributed by atoms with Crippen molar-refractivity contribution in [3.8, 4) is 6.07 Å². The van der Waals surface area contributed by atoms with Gasteiger partial charge in [-0.3, -0.25) is 14.9 Å². The third kappa shape index (κ3) is 8.13. The van der Waals surface area contributed by atoms with Gasteiger partial charge in [0, 0.05) is 37.4 Å². The highest BCUT2D eigenvalue weighted by atomic mass is 32.2. The van der Waals surface area contributed by atoms with E-state index >= 15 is 0 Å². The fourth-order valence-electron chi connectivity index (χ4n) is 3.55. The van der Waals surface area contributed by atoms with Crippen molar-refractivity contribution in [1.82, 2.24) is 10.2 Å². The molecule has 10 heteroatoms. The fourth-order valence-corrected chi connectivity index (χ4v) is 5.14. The van der Waals surface area contributed by atoms with Crippen molar-refractivity contribution in [1.29, 1.82) is 5.26 Å². The number of ether oxygens (including phenoxy) is 1. The minimum Gasteiger partial charge on any atom is -0.449 e. The van der Waals surface area contributed by atoms with Crippen LogP contribution in [0.3, 0.4) is 0 Å². The van der Waals surface area contributed by atoms with Crippen molar-refractivity contribution in [3.05, 3.63) is 24.3 Å². The van der Waals surface area contributed by atoms with Gasteiger partial charge in [-0.25, -0.2) is 4.79 Å². The maximum absolute atomic E-state index is 12.9. The van der Waals surface area contributed by atoms with E-state index in [9.17, 15) is 19.6 Å². The Bertz CT molecular complexity index is 888. The van der Waals surface area contributed by atoms with Crippen LogP contribution in [-0.4, -0.2) is 59.7 Å². The Morgan fingerprint density at radius 2 is 2.00 bits per heavy atom. The van der Waals surface area contributed by atoms with Crippen LogP contribution in [0.25, 0.3) is 0 Å². The third-order valence-corrected chi connectivity index (χ3v) is 6.75. The highest BCUT2D eigenvalue weighted by molar-refractivity contribution is 8.01. The normalized spacial score (nSPS) is 18.4. The van der Waals surface area contributed by atoms with Gasteiger partial charge in [0.05, 0.1) is 23.3 Å². The van der Waals surface area contributed by atoms with Gasteiger partial charge in [-0.05, 0) is 44.4 Å². The maximum atomic E-state index is 12.9. The van der Waals surface area contributed by atoms with E-state index < -0.39 is 12.0 Å². The lowest BCUT2D eigenvalue weighted by Gasteiger charge is -2.23. The molecule has 1 aliphatic rings. The first-order valence-corrected chi connectivity index (χ1v) is 12.6. The topological polar surface area (TPSA) is 124 Å². The molecule has 1 aliphatic heterocycles. The molecule has 1 aromatic carbocycles. The Balaban J connectivity index is 1.88. The van der Waals surface area contributed by atoms with Crippen LogP contribution < -0.4 is 16.0 Å². The van der Waals surface area contributed by atoms with Crippen molar-refractivity contribution >= 4 is 41.0 Å². The number of nitriles is 1. The van der Waals surface area contributed by atoms with Gasteiger partial charge in [0.25, 0.3) is 0 Å². The summed E-state index contributed by atoms with van der Waals surface area (Å²) in [6, 6.07) is 9.38. The number of benzene rings is 1. The van der Waals surface area contributed by atoms with Gasteiger partial charge in [-0.1, -0.05) is 19.9 Å². The fraction of sp³-hybridized carbons (Fsp3) is 0.583. The molecule has 0 radical (unpaired) electrons. The lowest BCUT2D eigenvalue weighted by atomic mass is 10.1. The van der Waals surface area contributed by atoms with Crippen LogP contribution in [-0.2, 0) is 14.3 Å². The Morgan fingerprint density at radius 3 is 2.65 bits per heavy atom. The number of anilines is 2. The minimum atomic E-state index is -0.779. The lowest BCUT2D eigenvalue weighted by molar-refractivity contribution is -0.131. The number of carbonyl (C=O) groups is 3. The van der Waals surface area contributed by atoms with Gasteiger partial charge in [0.2, 0.25) is 11.8 Å². The predicted octanol–water partition coefficient (Wildman–Crippen LogP) is 3.65. The van der Waals surface area contributed by atoms with Crippen molar-refractivity contribution < 1.29 is 19.1 Å². The van der Waals surface area contributed by atoms with Crippen LogP contribution in [0.4, 0.5) is 16.2 Å². The van der Waals surface area contributed by atoms with E-state index in [1.54, 1.807) is 11.0 Å². The minimum absolute atomic E-state index is 0.0372. The van der Waals surface area contributed by atoms with Crippen LogP contribution in [0.1, 0.15) is 40.5 Å². The molecule has 1 aromatic rings. The summed E-state index contributed by atoms with van der Waals surface area (Å²) in [7, 11) is 0. The molecule has 186 valence electrons. The smallest absolute Gasteiger partial charge is 0.411 e. The molecule has 0 bridgehead atoms. The first kappa shape index (κ1) is 27.3. The van der Waals surface area contributed by atoms with Crippen LogP contribution >= 0.6 is 11.8 Å². The highest BCUT2D eigenvalue weighted by Gasteiger charge is 2.40. The summed E-state index contributed by atoms with van der Waals surface area (Å²) in [4.78, 5) is 38.6. The summed E-state index contributed by atoms with van der Waals surface area (Å²) < 4.78 is 5.14. The monoisotopic (exact) mass is 489 g/mol. The van der Waals surface area contributed by atoms with E-state index in [2.05, 4.69) is 22.0 Å². The Kier molecular flexibility index (Phi) is 11.0. The van der Waals surface area contributed by atoms with Gasteiger partial charge < -0.3 is 20.3 Å². The van der Waals surface area contributed by atoms with Crippen LogP contribution in [0.5, 0.6) is 0 Å². The number of thioether (sulfide) groups is 1. The van der Waals surface area contributed by atoms with Gasteiger partial charge in [-0.15, -0.1) is 11.8 Å². The molecule has 0 spiro atoms. The molecule has 1 fully saturated rings. The molecule has 1 heterocycles.